The van der Waals surface area contributed by atoms with E-state index in [1.54, 1.807) is 48.2 Å². The van der Waals surface area contributed by atoms with Crippen LogP contribution in [-0.2, 0) is 14.8 Å². The molecule has 1 aliphatic heterocycles. The number of nitrogens with zero attached hydrogens (tertiary/aromatic N) is 2. The number of rotatable bonds is 8. The average molecular weight is 510 g/mol. The number of amides is 1. The maximum atomic E-state index is 13.6. The van der Waals surface area contributed by atoms with Gasteiger partial charge in [0.1, 0.15) is 6.54 Å². The lowest BCUT2D eigenvalue weighted by Crippen LogP contribution is -2.38. The first-order valence-corrected chi connectivity index (χ1v) is 14.4. The van der Waals surface area contributed by atoms with Gasteiger partial charge in [-0.2, -0.15) is 0 Å². The topological polar surface area (TPSA) is 69.7 Å². The Morgan fingerprint density at radius 2 is 1.54 bits per heavy atom. The molecule has 1 heterocycles. The van der Waals surface area contributed by atoms with Crippen molar-refractivity contribution in [3.8, 4) is 0 Å². The van der Waals surface area contributed by atoms with E-state index >= 15 is 0 Å². The van der Waals surface area contributed by atoms with E-state index in [1.807, 2.05) is 49.6 Å². The molecule has 1 amide bonds. The summed E-state index contributed by atoms with van der Waals surface area (Å²) in [4.78, 5) is 16.5. The SMILES string of the molecule is CSc1ccc(S(=O)(=O)N(CC(=O)Nc2ccc(N3CCCCC3)cc2)c2ccc(C)cc2)cc1. The van der Waals surface area contributed by atoms with Gasteiger partial charge in [-0.1, -0.05) is 17.7 Å². The van der Waals surface area contributed by atoms with Gasteiger partial charge in [0, 0.05) is 29.4 Å². The number of hydrogen-bond acceptors (Lipinski definition) is 5. The Hall–Kier alpha value is -2.97. The van der Waals surface area contributed by atoms with E-state index in [0.717, 1.165) is 33.5 Å². The number of nitrogens with one attached hydrogen (secondary N) is 1. The molecule has 0 atom stereocenters. The summed E-state index contributed by atoms with van der Waals surface area (Å²) < 4.78 is 28.3. The highest BCUT2D eigenvalue weighted by molar-refractivity contribution is 7.98. The maximum absolute atomic E-state index is 13.6. The predicted octanol–water partition coefficient (Wildman–Crippen LogP) is 5.54. The van der Waals surface area contributed by atoms with Gasteiger partial charge in [0.2, 0.25) is 5.91 Å². The molecule has 184 valence electrons. The van der Waals surface area contributed by atoms with Crippen LogP contribution in [0.3, 0.4) is 0 Å². The Bertz CT molecular complexity index is 1240. The quantitative estimate of drug-likeness (QED) is 0.404. The molecule has 0 spiro atoms. The fourth-order valence-electron chi connectivity index (χ4n) is 4.14. The van der Waals surface area contributed by atoms with Crippen molar-refractivity contribution in [1.29, 1.82) is 0 Å². The highest BCUT2D eigenvalue weighted by Crippen LogP contribution is 2.26. The molecule has 0 saturated carbocycles. The number of thioether (sulfide) groups is 1. The van der Waals surface area contributed by atoms with Gasteiger partial charge >= 0.3 is 0 Å². The van der Waals surface area contributed by atoms with Crippen molar-refractivity contribution in [2.24, 2.45) is 0 Å². The predicted molar refractivity (Wildman–Crippen MR) is 145 cm³/mol. The molecule has 35 heavy (non-hydrogen) atoms. The molecule has 0 unspecified atom stereocenters. The lowest BCUT2D eigenvalue weighted by atomic mass is 10.1. The summed E-state index contributed by atoms with van der Waals surface area (Å²) in [6.45, 7) is 3.70. The fraction of sp³-hybridized carbons (Fsp3) is 0.296. The van der Waals surface area contributed by atoms with Crippen molar-refractivity contribution in [2.45, 2.75) is 36.0 Å². The smallest absolute Gasteiger partial charge is 0.264 e. The van der Waals surface area contributed by atoms with Crippen molar-refractivity contribution in [3.63, 3.8) is 0 Å². The van der Waals surface area contributed by atoms with Crippen LogP contribution in [0.4, 0.5) is 17.1 Å². The molecular formula is C27H31N3O3S2. The van der Waals surface area contributed by atoms with Crippen LogP contribution >= 0.6 is 11.8 Å². The van der Waals surface area contributed by atoms with Gasteiger partial charge in [-0.05, 0) is 93.1 Å². The number of benzene rings is 3. The third-order valence-corrected chi connectivity index (χ3v) is 8.66. The third-order valence-electron chi connectivity index (χ3n) is 6.13. The number of sulfonamides is 1. The number of hydrogen-bond donors (Lipinski definition) is 1. The summed E-state index contributed by atoms with van der Waals surface area (Å²) in [5.41, 5.74) is 3.23. The van der Waals surface area contributed by atoms with Crippen LogP contribution in [0.5, 0.6) is 0 Å². The molecular weight excluding hydrogens is 478 g/mol. The minimum atomic E-state index is -3.94. The Balaban J connectivity index is 1.53. The zero-order chi connectivity index (χ0) is 24.8. The van der Waals surface area contributed by atoms with Crippen LogP contribution in [0.2, 0.25) is 0 Å². The lowest BCUT2D eigenvalue weighted by Gasteiger charge is -2.29. The molecule has 1 saturated heterocycles. The third kappa shape index (κ3) is 6.18. The van der Waals surface area contributed by atoms with Gasteiger partial charge in [0.15, 0.2) is 0 Å². The number of aryl methyl sites for hydroxylation is 1. The Morgan fingerprint density at radius 3 is 2.14 bits per heavy atom. The first-order chi connectivity index (χ1) is 16.9. The van der Waals surface area contributed by atoms with Crippen LogP contribution in [0.1, 0.15) is 24.8 Å². The van der Waals surface area contributed by atoms with Crippen LogP contribution < -0.4 is 14.5 Å². The van der Waals surface area contributed by atoms with Gasteiger partial charge in [-0.25, -0.2) is 8.42 Å². The average Bonchev–Trinajstić information content (AvgIpc) is 2.89. The number of piperidine rings is 1. The lowest BCUT2D eigenvalue weighted by molar-refractivity contribution is -0.114. The monoisotopic (exact) mass is 509 g/mol. The van der Waals surface area contributed by atoms with Gasteiger partial charge in [-0.3, -0.25) is 9.10 Å². The summed E-state index contributed by atoms with van der Waals surface area (Å²) in [7, 11) is -3.94. The van der Waals surface area contributed by atoms with Gasteiger partial charge in [0.25, 0.3) is 10.0 Å². The Morgan fingerprint density at radius 1 is 0.914 bits per heavy atom. The molecule has 8 heteroatoms. The first kappa shape index (κ1) is 25.1. The van der Waals surface area contributed by atoms with Gasteiger partial charge in [-0.15, -0.1) is 11.8 Å². The summed E-state index contributed by atoms with van der Waals surface area (Å²) in [6.07, 6.45) is 5.60. The number of carbonyl (C=O) groups is 1. The maximum Gasteiger partial charge on any atom is 0.264 e. The van der Waals surface area contributed by atoms with Crippen molar-refractivity contribution < 1.29 is 13.2 Å². The zero-order valence-electron chi connectivity index (χ0n) is 20.1. The molecule has 1 N–H and O–H groups in total. The molecule has 4 rings (SSSR count). The van der Waals surface area contributed by atoms with Crippen LogP contribution in [0.15, 0.2) is 82.6 Å². The summed E-state index contributed by atoms with van der Waals surface area (Å²) in [5.74, 6) is -0.402. The highest BCUT2D eigenvalue weighted by Gasteiger charge is 2.27. The highest BCUT2D eigenvalue weighted by atomic mass is 32.2. The summed E-state index contributed by atoms with van der Waals surface area (Å²) in [6, 6.07) is 21.6. The fourth-order valence-corrected chi connectivity index (χ4v) is 5.97. The number of carbonyl (C=O) groups excluding carboxylic acids is 1. The minimum absolute atomic E-state index is 0.148. The number of anilines is 3. The Labute approximate surface area is 212 Å². The van der Waals surface area contributed by atoms with Crippen molar-refractivity contribution >= 4 is 44.8 Å². The zero-order valence-corrected chi connectivity index (χ0v) is 21.7. The standard InChI is InChI=1S/C27H31N3O3S2/c1-21-6-10-24(11-7-21)30(35(32,33)26-16-14-25(34-2)15-17-26)20-27(31)28-22-8-12-23(13-9-22)29-18-4-3-5-19-29/h6-17H,3-5,18-20H2,1-2H3,(H,28,31). The second-order valence-corrected chi connectivity index (χ2v) is 11.4. The van der Waals surface area contributed by atoms with E-state index in [-0.39, 0.29) is 11.4 Å². The van der Waals surface area contributed by atoms with E-state index in [1.165, 1.54) is 19.3 Å². The van der Waals surface area contributed by atoms with Crippen molar-refractivity contribution in [3.05, 3.63) is 78.4 Å². The normalized spacial score (nSPS) is 13.9. The molecule has 3 aromatic rings. The van der Waals surface area contributed by atoms with Gasteiger partial charge < -0.3 is 10.2 Å². The molecule has 0 aromatic heterocycles. The van der Waals surface area contributed by atoms with Crippen molar-refractivity contribution in [2.75, 3.05) is 40.4 Å². The van der Waals surface area contributed by atoms with Crippen LogP contribution in [-0.4, -0.2) is 40.2 Å². The van der Waals surface area contributed by atoms with Gasteiger partial charge in [0.05, 0.1) is 10.6 Å². The molecule has 1 aliphatic rings. The summed E-state index contributed by atoms with van der Waals surface area (Å²) >= 11 is 1.54. The second kappa shape index (κ2) is 11.2. The van der Waals surface area contributed by atoms with E-state index in [4.69, 9.17) is 0 Å². The van der Waals surface area contributed by atoms with E-state index in [9.17, 15) is 13.2 Å². The first-order valence-electron chi connectivity index (χ1n) is 11.8. The van der Waals surface area contributed by atoms with Crippen molar-refractivity contribution in [1.82, 2.24) is 0 Å². The molecule has 1 fully saturated rings. The van der Waals surface area contributed by atoms with E-state index in [2.05, 4.69) is 10.2 Å². The second-order valence-electron chi connectivity index (χ2n) is 8.67. The molecule has 6 nitrogen and oxygen atoms in total. The molecule has 0 aliphatic carbocycles. The van der Waals surface area contributed by atoms with Crippen LogP contribution in [0, 0.1) is 6.92 Å². The Kier molecular flexibility index (Phi) is 8.03. The largest absolute Gasteiger partial charge is 0.372 e. The van der Waals surface area contributed by atoms with Crippen LogP contribution in [0.25, 0.3) is 0 Å². The molecule has 0 bridgehead atoms. The molecule has 3 aromatic carbocycles. The molecule has 0 radical (unpaired) electrons. The van der Waals surface area contributed by atoms with E-state index < -0.39 is 15.9 Å². The summed E-state index contributed by atoms with van der Waals surface area (Å²) in [5, 5.41) is 2.86. The minimum Gasteiger partial charge on any atom is -0.372 e. The van der Waals surface area contributed by atoms with E-state index in [0.29, 0.717) is 11.4 Å².